The smallest absolute Gasteiger partial charge is 0.775 e. The molecule has 0 aromatic carbocycles. The fraction of sp³-hybridized carbons (Fsp3) is 0.667. The van der Waals surface area contributed by atoms with Gasteiger partial charge in [0.2, 0.25) is 11.9 Å². The van der Waals surface area contributed by atoms with Crippen molar-refractivity contribution in [1.82, 2.24) is 9.80 Å². The molecular weight excluding hydrogens is 275 g/mol. The topological polar surface area (TPSA) is 150 Å². The average molecular weight is 289 g/mol. The number of rotatable bonds is 0. The maximum atomic E-state index is 9.34. The van der Waals surface area contributed by atoms with Gasteiger partial charge in [0.15, 0.2) is 0 Å². The van der Waals surface area contributed by atoms with Gasteiger partial charge in [-0.1, -0.05) is 0 Å². The first kappa shape index (κ1) is 20.6. The van der Waals surface area contributed by atoms with E-state index in [9.17, 15) is 10.4 Å². The van der Waals surface area contributed by atoms with Crippen LogP contribution < -0.4 is 0 Å². The number of nitrogens with one attached hydrogen (secondary N) is 2. The Kier molecular flexibility index (Phi) is 14.9. The zero-order valence-electron chi connectivity index (χ0n) is 9.82. The van der Waals surface area contributed by atoms with Crippen LogP contribution in [0.4, 0.5) is 0 Å². The minimum absolute atomic E-state index is 0. The molecule has 10 nitrogen and oxygen atoms in total. The summed E-state index contributed by atoms with van der Waals surface area (Å²) >= 11 is 0. The van der Waals surface area contributed by atoms with E-state index in [-0.39, 0.29) is 28.4 Å². The van der Waals surface area contributed by atoms with E-state index in [2.05, 4.69) is 20.8 Å². The quantitative estimate of drug-likeness (QED) is 0.223. The molecule has 0 aromatic rings. The summed E-state index contributed by atoms with van der Waals surface area (Å²) in [6, 6.07) is 0. The molecule has 0 amide bonds. The number of hydrogen-bond acceptors (Lipinski definition) is 6. The van der Waals surface area contributed by atoms with Crippen LogP contribution in [0.15, 0.2) is 20.8 Å². The third kappa shape index (κ3) is 14.2. The molecule has 0 atom stereocenters. The third-order valence-corrected chi connectivity index (χ3v) is 1.12. The van der Waals surface area contributed by atoms with Crippen LogP contribution in [0.5, 0.6) is 0 Å². The third-order valence-electron chi connectivity index (χ3n) is 1.12. The van der Waals surface area contributed by atoms with Gasteiger partial charge in [0.25, 0.3) is 0 Å². The van der Waals surface area contributed by atoms with E-state index in [1.54, 1.807) is 28.2 Å². The maximum Gasteiger partial charge on any atom is 2.00 e. The first-order valence-electron chi connectivity index (χ1n) is 3.95. The van der Waals surface area contributed by atoms with Crippen molar-refractivity contribution in [2.45, 2.75) is 0 Å². The van der Waals surface area contributed by atoms with Crippen molar-refractivity contribution in [2.24, 2.45) is 20.8 Å². The summed E-state index contributed by atoms with van der Waals surface area (Å²) in [4.78, 5) is 2.75. The van der Waals surface area contributed by atoms with Gasteiger partial charge in [0.1, 0.15) is 0 Å². The van der Waals surface area contributed by atoms with E-state index in [1.165, 1.54) is 9.80 Å². The second-order valence-electron chi connectivity index (χ2n) is 2.80. The van der Waals surface area contributed by atoms with Gasteiger partial charge in [-0.05, 0) is 0 Å². The Hall–Kier alpha value is -1.77. The van der Waals surface area contributed by atoms with Crippen molar-refractivity contribution in [1.29, 1.82) is 10.8 Å². The van der Waals surface area contributed by atoms with E-state index in [0.29, 0.717) is 0 Å². The first-order valence-corrected chi connectivity index (χ1v) is 3.95. The Labute approximate surface area is 109 Å². The van der Waals surface area contributed by atoms with Crippen LogP contribution in [0.3, 0.4) is 0 Å². The zero-order valence-corrected chi connectivity index (χ0v) is 10.8. The van der Waals surface area contributed by atoms with Crippen LogP contribution in [0.25, 0.3) is 0 Å². The molecule has 11 heteroatoms. The molecule has 0 spiro atoms. The van der Waals surface area contributed by atoms with Crippen LogP contribution in [0.2, 0.25) is 0 Å². The van der Waals surface area contributed by atoms with E-state index in [1.807, 2.05) is 0 Å². The molecule has 2 N–H and O–H groups in total. The molecule has 0 heterocycles. The van der Waals surface area contributed by atoms with Crippen LogP contribution >= 0.6 is 0 Å². The van der Waals surface area contributed by atoms with Crippen LogP contribution in [0.1, 0.15) is 0 Å². The maximum absolute atomic E-state index is 9.34. The molecule has 0 aliphatic rings. The summed E-state index contributed by atoms with van der Waals surface area (Å²) < 4.78 is 0. The second-order valence-corrected chi connectivity index (χ2v) is 2.80. The monoisotopic (exact) mass is 288 g/mol. The molecule has 17 heavy (non-hydrogen) atoms. The molecule has 0 fully saturated rings. The fourth-order valence-corrected chi connectivity index (χ4v) is 0.256. The van der Waals surface area contributed by atoms with Crippen molar-refractivity contribution in [2.75, 3.05) is 28.2 Å². The van der Waals surface area contributed by atoms with E-state index < -0.39 is 0 Å². The minimum Gasteiger partial charge on any atom is -0.775 e. The number of guanidine groups is 2. The standard InChI is InChI=1S/2C3H8N4O.Ni/c2*1-7(2)3(4)5-6-8;/h2*1-2H3,(H2,4,5,8);/q;;+2/p-2. The van der Waals surface area contributed by atoms with Crippen molar-refractivity contribution in [3.05, 3.63) is 10.4 Å². The molecule has 0 saturated carbocycles. The molecular formula is C6H14N8NiO2. The Morgan fingerprint density at radius 1 is 0.824 bits per heavy atom. The fourth-order valence-electron chi connectivity index (χ4n) is 0.256. The Morgan fingerprint density at radius 3 is 1.12 bits per heavy atom. The summed E-state index contributed by atoms with van der Waals surface area (Å²) in [7, 11) is 6.43. The molecule has 0 rings (SSSR count). The van der Waals surface area contributed by atoms with Gasteiger partial charge in [-0.15, -0.1) is 10.2 Å². The van der Waals surface area contributed by atoms with Crippen molar-refractivity contribution in [3.63, 3.8) is 0 Å². The minimum atomic E-state index is -0.139. The molecule has 0 saturated heterocycles. The first-order chi connectivity index (χ1) is 7.36. The van der Waals surface area contributed by atoms with Crippen LogP contribution in [-0.4, -0.2) is 49.9 Å². The largest absolute Gasteiger partial charge is 2.00 e. The molecule has 0 radical (unpaired) electrons. The Morgan fingerprint density at radius 2 is 1.06 bits per heavy atom. The Bertz CT molecular complexity index is 249. The van der Waals surface area contributed by atoms with E-state index in [4.69, 9.17) is 10.8 Å². The van der Waals surface area contributed by atoms with Crippen LogP contribution in [-0.2, 0) is 16.5 Å². The molecule has 0 aliphatic carbocycles. The SMILES string of the molecule is CN(C)C(=N)/N=N/[O-].CN(C)C(=N)/N=N/[O-].[Ni+2]. The molecule has 0 aliphatic heterocycles. The van der Waals surface area contributed by atoms with Crippen molar-refractivity contribution < 1.29 is 16.5 Å². The Balaban J connectivity index is -0.000000218. The molecule has 100 valence electrons. The summed E-state index contributed by atoms with van der Waals surface area (Å²) in [5, 5.41) is 42.4. The summed E-state index contributed by atoms with van der Waals surface area (Å²) in [5.74, 6) is -0.278. The van der Waals surface area contributed by atoms with Gasteiger partial charge in [-0.25, -0.2) is 10.6 Å². The van der Waals surface area contributed by atoms with Crippen molar-refractivity contribution >= 4 is 11.9 Å². The molecule has 0 bridgehead atoms. The summed E-state index contributed by atoms with van der Waals surface area (Å²) in [5.41, 5.74) is 0. The summed E-state index contributed by atoms with van der Waals surface area (Å²) in [6.45, 7) is 0. The number of nitrogens with zero attached hydrogens (tertiary/aromatic N) is 6. The molecule has 0 unspecified atom stereocenters. The van der Waals surface area contributed by atoms with Crippen molar-refractivity contribution in [3.8, 4) is 0 Å². The van der Waals surface area contributed by atoms with E-state index >= 15 is 0 Å². The van der Waals surface area contributed by atoms with Gasteiger partial charge in [0, 0.05) is 28.2 Å². The number of hydrogen-bond donors (Lipinski definition) is 2. The summed E-state index contributed by atoms with van der Waals surface area (Å²) in [6.07, 6.45) is 0. The normalized spacial score (nSPS) is 9.18. The van der Waals surface area contributed by atoms with Gasteiger partial charge >= 0.3 is 16.5 Å². The van der Waals surface area contributed by atoms with E-state index in [0.717, 1.165) is 0 Å². The average Bonchev–Trinajstić information content (AvgIpc) is 2.19. The predicted molar refractivity (Wildman–Crippen MR) is 59.3 cm³/mol. The van der Waals surface area contributed by atoms with Gasteiger partial charge in [0.05, 0.1) is 0 Å². The molecule has 0 aromatic heterocycles. The predicted octanol–water partition coefficient (Wildman–Crippen LogP) is 0.863. The van der Waals surface area contributed by atoms with Gasteiger partial charge in [-0.2, -0.15) is 0 Å². The second kappa shape index (κ2) is 12.3. The van der Waals surface area contributed by atoms with Crippen LogP contribution in [0, 0.1) is 21.2 Å². The zero-order chi connectivity index (χ0) is 13.1. The van der Waals surface area contributed by atoms with Gasteiger partial charge < -0.3 is 20.2 Å². The van der Waals surface area contributed by atoms with Gasteiger partial charge in [-0.3, -0.25) is 10.8 Å².